The van der Waals surface area contributed by atoms with Gasteiger partial charge in [0.2, 0.25) is 0 Å². The number of ether oxygens (including phenoxy) is 2. The molecule has 27 heavy (non-hydrogen) atoms. The molecule has 6 heteroatoms. The molecule has 0 aliphatic heterocycles. The minimum Gasteiger partial charge on any atom is -0.497 e. The van der Waals surface area contributed by atoms with Crippen molar-refractivity contribution >= 4 is 5.91 Å². The van der Waals surface area contributed by atoms with Crippen LogP contribution in [0.4, 0.5) is 0 Å². The smallest absolute Gasteiger partial charge is 0.261 e. The Balaban J connectivity index is 1.64. The fourth-order valence-corrected chi connectivity index (χ4v) is 2.75. The van der Waals surface area contributed by atoms with Crippen LogP contribution in [0.1, 0.15) is 18.9 Å². The summed E-state index contributed by atoms with van der Waals surface area (Å²) in [7, 11) is 1.61. The molecule has 0 spiro atoms. The second-order valence-electron chi connectivity index (χ2n) is 6.01. The first-order chi connectivity index (χ1) is 13.2. The average Bonchev–Trinajstić information content (AvgIpc) is 3.25. The van der Waals surface area contributed by atoms with Gasteiger partial charge in [-0.25, -0.2) is 4.98 Å². The topological polar surface area (TPSA) is 65.4 Å². The number of methoxy groups -OCH3 is 1. The molecule has 0 fully saturated rings. The van der Waals surface area contributed by atoms with E-state index in [2.05, 4.69) is 10.3 Å². The molecule has 0 radical (unpaired) electrons. The molecule has 1 atom stereocenters. The van der Waals surface area contributed by atoms with Gasteiger partial charge in [-0.05, 0) is 42.3 Å². The van der Waals surface area contributed by atoms with Crippen LogP contribution in [0.5, 0.6) is 11.5 Å². The molecule has 1 N–H and O–H groups in total. The van der Waals surface area contributed by atoms with E-state index in [1.165, 1.54) is 0 Å². The lowest BCUT2D eigenvalue weighted by molar-refractivity contribution is -0.128. The Kier molecular flexibility index (Phi) is 6.10. The van der Waals surface area contributed by atoms with Gasteiger partial charge in [-0.1, -0.05) is 25.1 Å². The number of hydrogen-bond acceptors (Lipinski definition) is 4. The fourth-order valence-electron chi connectivity index (χ4n) is 2.75. The van der Waals surface area contributed by atoms with Crippen molar-refractivity contribution in [3.05, 3.63) is 72.8 Å². The predicted octanol–water partition coefficient (Wildman–Crippen LogP) is 3.35. The van der Waals surface area contributed by atoms with Crippen molar-refractivity contribution in [1.82, 2.24) is 14.9 Å². The van der Waals surface area contributed by atoms with Gasteiger partial charge in [0.05, 0.1) is 19.1 Å². The molecule has 2 aromatic carbocycles. The van der Waals surface area contributed by atoms with Gasteiger partial charge in [0.1, 0.15) is 11.5 Å². The maximum Gasteiger partial charge on any atom is 0.261 e. The molecule has 1 amide bonds. The number of carbonyl (C=O) groups is 1. The number of carbonyl (C=O) groups excluding carboxylic acids is 1. The summed E-state index contributed by atoms with van der Waals surface area (Å²) in [5.41, 5.74) is 1.99. The third kappa shape index (κ3) is 4.67. The number of para-hydroxylation sites is 1. The summed E-state index contributed by atoms with van der Waals surface area (Å²) in [4.78, 5) is 16.7. The van der Waals surface area contributed by atoms with Crippen LogP contribution in [0, 0.1) is 0 Å². The minimum absolute atomic E-state index is 0.145. The molecule has 0 saturated heterocycles. The van der Waals surface area contributed by atoms with E-state index in [1.807, 2.05) is 42.0 Å². The lowest BCUT2D eigenvalue weighted by atomic mass is 10.1. The van der Waals surface area contributed by atoms with Crippen molar-refractivity contribution < 1.29 is 14.3 Å². The molecule has 0 unspecified atom stereocenters. The predicted molar refractivity (Wildman–Crippen MR) is 103 cm³/mol. The molecule has 0 aliphatic rings. The van der Waals surface area contributed by atoms with Gasteiger partial charge in [-0.15, -0.1) is 0 Å². The SMILES string of the molecule is CC[C@@H](Oc1ccc(OC)cc1)C(=O)NCc1ccccc1-n1ccnc1. The van der Waals surface area contributed by atoms with Crippen molar-refractivity contribution in [3.63, 3.8) is 0 Å². The van der Waals surface area contributed by atoms with E-state index < -0.39 is 6.10 Å². The van der Waals surface area contributed by atoms with Crippen LogP contribution < -0.4 is 14.8 Å². The molecular weight excluding hydrogens is 342 g/mol. The Labute approximate surface area is 158 Å². The zero-order valence-electron chi connectivity index (χ0n) is 15.5. The maximum absolute atomic E-state index is 12.6. The molecule has 140 valence electrons. The van der Waals surface area contributed by atoms with Crippen LogP contribution in [0.2, 0.25) is 0 Å². The van der Waals surface area contributed by atoms with Crippen molar-refractivity contribution in [2.45, 2.75) is 26.0 Å². The van der Waals surface area contributed by atoms with Gasteiger partial charge >= 0.3 is 0 Å². The van der Waals surface area contributed by atoms with E-state index in [4.69, 9.17) is 9.47 Å². The highest BCUT2D eigenvalue weighted by Gasteiger charge is 2.18. The molecule has 0 bridgehead atoms. The summed E-state index contributed by atoms with van der Waals surface area (Å²) in [6.45, 7) is 2.34. The zero-order valence-corrected chi connectivity index (χ0v) is 15.5. The maximum atomic E-state index is 12.6. The Bertz CT molecular complexity index is 861. The lowest BCUT2D eigenvalue weighted by Gasteiger charge is -2.18. The van der Waals surface area contributed by atoms with Crippen molar-refractivity contribution in [3.8, 4) is 17.2 Å². The largest absolute Gasteiger partial charge is 0.497 e. The van der Waals surface area contributed by atoms with E-state index in [9.17, 15) is 4.79 Å². The van der Waals surface area contributed by atoms with Crippen LogP contribution in [-0.4, -0.2) is 28.7 Å². The van der Waals surface area contributed by atoms with Gasteiger partial charge in [0.25, 0.3) is 5.91 Å². The van der Waals surface area contributed by atoms with E-state index in [0.29, 0.717) is 18.7 Å². The second-order valence-corrected chi connectivity index (χ2v) is 6.01. The van der Waals surface area contributed by atoms with E-state index in [1.54, 1.807) is 43.9 Å². The summed E-state index contributed by atoms with van der Waals surface area (Å²) in [6, 6.07) is 15.1. The van der Waals surface area contributed by atoms with Crippen LogP contribution in [0.3, 0.4) is 0 Å². The highest BCUT2D eigenvalue weighted by molar-refractivity contribution is 5.81. The molecule has 6 nitrogen and oxygen atoms in total. The molecule has 1 aromatic heterocycles. The number of nitrogens with one attached hydrogen (secondary N) is 1. The summed E-state index contributed by atoms with van der Waals surface area (Å²) in [5, 5.41) is 2.97. The number of hydrogen-bond donors (Lipinski definition) is 1. The van der Waals surface area contributed by atoms with Gasteiger partial charge in [0.15, 0.2) is 6.10 Å². The number of aromatic nitrogens is 2. The number of benzene rings is 2. The first-order valence-electron chi connectivity index (χ1n) is 8.86. The standard InChI is InChI=1S/C21H23N3O3/c1-3-20(27-18-10-8-17(26-2)9-11-18)21(25)23-14-16-6-4-5-7-19(16)24-13-12-22-15-24/h4-13,15,20H,3,14H2,1-2H3,(H,23,25)/t20-/m1/s1. The minimum atomic E-state index is -0.557. The van der Waals surface area contributed by atoms with Gasteiger partial charge in [-0.3, -0.25) is 4.79 Å². The summed E-state index contributed by atoms with van der Waals surface area (Å²) in [5.74, 6) is 1.24. The molecular formula is C21H23N3O3. The third-order valence-electron chi connectivity index (χ3n) is 4.23. The van der Waals surface area contributed by atoms with Crippen LogP contribution >= 0.6 is 0 Å². The highest BCUT2D eigenvalue weighted by Crippen LogP contribution is 2.19. The average molecular weight is 365 g/mol. The highest BCUT2D eigenvalue weighted by atomic mass is 16.5. The summed E-state index contributed by atoms with van der Waals surface area (Å²) >= 11 is 0. The normalized spacial score (nSPS) is 11.6. The summed E-state index contributed by atoms with van der Waals surface area (Å²) < 4.78 is 12.9. The number of amides is 1. The van der Waals surface area contributed by atoms with Crippen LogP contribution in [0.15, 0.2) is 67.3 Å². The van der Waals surface area contributed by atoms with E-state index in [-0.39, 0.29) is 5.91 Å². The Hall–Kier alpha value is -3.28. The molecule has 3 rings (SSSR count). The van der Waals surface area contributed by atoms with E-state index in [0.717, 1.165) is 17.0 Å². The zero-order chi connectivity index (χ0) is 19.1. The Morgan fingerprint density at radius 1 is 1.15 bits per heavy atom. The van der Waals surface area contributed by atoms with Crippen molar-refractivity contribution in [2.75, 3.05) is 7.11 Å². The first-order valence-corrected chi connectivity index (χ1v) is 8.86. The number of imidazole rings is 1. The molecule has 0 saturated carbocycles. The van der Waals surface area contributed by atoms with Crippen LogP contribution in [-0.2, 0) is 11.3 Å². The van der Waals surface area contributed by atoms with Gasteiger partial charge in [-0.2, -0.15) is 0 Å². The molecule has 3 aromatic rings. The van der Waals surface area contributed by atoms with E-state index >= 15 is 0 Å². The Morgan fingerprint density at radius 3 is 2.56 bits per heavy atom. The number of rotatable bonds is 8. The van der Waals surface area contributed by atoms with Gasteiger partial charge < -0.3 is 19.4 Å². The molecule has 0 aliphatic carbocycles. The third-order valence-corrected chi connectivity index (χ3v) is 4.23. The second kappa shape index (κ2) is 8.89. The summed E-state index contributed by atoms with van der Waals surface area (Å²) in [6.07, 6.45) is 5.36. The molecule has 1 heterocycles. The Morgan fingerprint density at radius 2 is 1.89 bits per heavy atom. The van der Waals surface area contributed by atoms with Crippen LogP contribution in [0.25, 0.3) is 5.69 Å². The van der Waals surface area contributed by atoms with Crippen molar-refractivity contribution in [1.29, 1.82) is 0 Å². The lowest BCUT2D eigenvalue weighted by Crippen LogP contribution is -2.37. The number of nitrogens with zero attached hydrogens (tertiary/aromatic N) is 2. The van der Waals surface area contributed by atoms with Gasteiger partial charge in [0, 0.05) is 18.9 Å². The fraction of sp³-hybridized carbons (Fsp3) is 0.238. The monoisotopic (exact) mass is 365 g/mol. The quantitative estimate of drug-likeness (QED) is 0.665. The van der Waals surface area contributed by atoms with Crippen molar-refractivity contribution in [2.24, 2.45) is 0 Å². The first kappa shape index (κ1) is 18.5.